The van der Waals surface area contributed by atoms with Crippen molar-refractivity contribution in [1.29, 1.82) is 0 Å². The molecule has 6 nitrogen and oxygen atoms in total. The highest BCUT2D eigenvalue weighted by Gasteiger charge is 2.27. The number of hydrogen-bond donors (Lipinski definition) is 3. The molecular weight excluding hydrogens is 318 g/mol. The fourth-order valence-electron chi connectivity index (χ4n) is 3.58. The van der Waals surface area contributed by atoms with E-state index in [0.29, 0.717) is 5.69 Å². The SMILES string of the molecule is CCn1ccc2ccc(NC(=O)C(=O)NC3CCCCC3CO)cc21. The number of aryl methyl sites for hydroxylation is 1. The van der Waals surface area contributed by atoms with Crippen LogP contribution in [0.25, 0.3) is 10.9 Å². The number of nitrogens with one attached hydrogen (secondary N) is 2. The van der Waals surface area contributed by atoms with Crippen molar-refractivity contribution >= 4 is 28.4 Å². The fraction of sp³-hybridized carbons (Fsp3) is 0.474. The smallest absolute Gasteiger partial charge is 0.313 e. The molecule has 2 atom stereocenters. The lowest BCUT2D eigenvalue weighted by Gasteiger charge is -2.30. The molecule has 1 aliphatic carbocycles. The molecule has 134 valence electrons. The first-order chi connectivity index (χ1) is 12.1. The minimum absolute atomic E-state index is 0.0367. The number of carbonyl (C=O) groups is 2. The molecule has 1 heterocycles. The van der Waals surface area contributed by atoms with Gasteiger partial charge in [-0.3, -0.25) is 9.59 Å². The quantitative estimate of drug-likeness (QED) is 0.745. The van der Waals surface area contributed by atoms with Crippen LogP contribution < -0.4 is 10.6 Å². The van der Waals surface area contributed by atoms with Gasteiger partial charge in [-0.1, -0.05) is 18.9 Å². The lowest BCUT2D eigenvalue weighted by molar-refractivity contribution is -0.137. The van der Waals surface area contributed by atoms with E-state index in [0.717, 1.165) is 43.1 Å². The summed E-state index contributed by atoms with van der Waals surface area (Å²) in [6.45, 7) is 2.93. The van der Waals surface area contributed by atoms with Crippen LogP contribution >= 0.6 is 0 Å². The van der Waals surface area contributed by atoms with Gasteiger partial charge in [0.2, 0.25) is 0 Å². The first-order valence-electron chi connectivity index (χ1n) is 8.94. The molecule has 2 unspecified atom stereocenters. The van der Waals surface area contributed by atoms with Gasteiger partial charge in [0.25, 0.3) is 0 Å². The predicted molar refractivity (Wildman–Crippen MR) is 97.2 cm³/mol. The van der Waals surface area contributed by atoms with Crippen LogP contribution in [0.15, 0.2) is 30.5 Å². The monoisotopic (exact) mass is 343 g/mol. The van der Waals surface area contributed by atoms with Crippen LogP contribution in [0, 0.1) is 5.92 Å². The molecule has 0 saturated heterocycles. The number of aromatic nitrogens is 1. The largest absolute Gasteiger partial charge is 0.396 e. The van der Waals surface area contributed by atoms with Gasteiger partial charge < -0.3 is 20.3 Å². The molecule has 6 heteroatoms. The Morgan fingerprint density at radius 2 is 2.00 bits per heavy atom. The lowest BCUT2D eigenvalue weighted by Crippen LogP contribution is -2.47. The van der Waals surface area contributed by atoms with Gasteiger partial charge in [-0.05, 0) is 43.4 Å². The van der Waals surface area contributed by atoms with Crippen molar-refractivity contribution in [3.8, 4) is 0 Å². The number of benzene rings is 1. The molecule has 3 N–H and O–H groups in total. The summed E-state index contributed by atoms with van der Waals surface area (Å²) in [5.41, 5.74) is 1.62. The Kier molecular flexibility index (Phi) is 5.38. The fourth-order valence-corrected chi connectivity index (χ4v) is 3.58. The molecule has 1 aromatic carbocycles. The molecule has 2 amide bonds. The normalized spacial score (nSPS) is 20.4. The third-order valence-electron chi connectivity index (χ3n) is 5.04. The summed E-state index contributed by atoms with van der Waals surface area (Å²) in [5, 5.41) is 16.0. The molecule has 0 radical (unpaired) electrons. The molecule has 1 saturated carbocycles. The van der Waals surface area contributed by atoms with E-state index in [1.807, 2.05) is 24.4 Å². The van der Waals surface area contributed by atoms with E-state index in [4.69, 9.17) is 0 Å². The van der Waals surface area contributed by atoms with Crippen LogP contribution in [-0.2, 0) is 16.1 Å². The average Bonchev–Trinajstić information content (AvgIpc) is 3.04. The molecule has 25 heavy (non-hydrogen) atoms. The molecule has 3 rings (SSSR count). The van der Waals surface area contributed by atoms with E-state index in [1.165, 1.54) is 0 Å². The zero-order valence-corrected chi connectivity index (χ0v) is 14.5. The van der Waals surface area contributed by atoms with E-state index < -0.39 is 11.8 Å². The van der Waals surface area contributed by atoms with Gasteiger partial charge in [-0.25, -0.2) is 0 Å². The molecule has 1 fully saturated rings. The Hall–Kier alpha value is -2.34. The highest BCUT2D eigenvalue weighted by atomic mass is 16.3. The third-order valence-corrected chi connectivity index (χ3v) is 5.04. The summed E-state index contributed by atoms with van der Waals surface area (Å²) in [6.07, 6.45) is 5.75. The van der Waals surface area contributed by atoms with Gasteiger partial charge in [-0.15, -0.1) is 0 Å². The van der Waals surface area contributed by atoms with E-state index in [9.17, 15) is 14.7 Å². The summed E-state index contributed by atoms with van der Waals surface area (Å²) >= 11 is 0. The minimum atomic E-state index is -0.670. The molecule has 0 aliphatic heterocycles. The van der Waals surface area contributed by atoms with Gasteiger partial charge in [0, 0.05) is 37.0 Å². The summed E-state index contributed by atoms with van der Waals surface area (Å²) in [5.74, 6) is -1.28. The zero-order chi connectivity index (χ0) is 17.8. The predicted octanol–water partition coefficient (Wildman–Crippen LogP) is 2.27. The van der Waals surface area contributed by atoms with Gasteiger partial charge in [0.1, 0.15) is 0 Å². The Morgan fingerprint density at radius 1 is 1.20 bits per heavy atom. The van der Waals surface area contributed by atoms with Gasteiger partial charge >= 0.3 is 11.8 Å². The van der Waals surface area contributed by atoms with Crippen LogP contribution in [0.3, 0.4) is 0 Å². The highest BCUT2D eigenvalue weighted by molar-refractivity contribution is 6.39. The number of amides is 2. The van der Waals surface area contributed by atoms with Crippen LogP contribution in [0.2, 0.25) is 0 Å². The molecule has 0 bridgehead atoms. The van der Waals surface area contributed by atoms with Crippen molar-refractivity contribution < 1.29 is 14.7 Å². The van der Waals surface area contributed by atoms with Crippen molar-refractivity contribution in [3.63, 3.8) is 0 Å². The van der Waals surface area contributed by atoms with Crippen LogP contribution in [0.4, 0.5) is 5.69 Å². The van der Waals surface area contributed by atoms with Crippen LogP contribution in [0.1, 0.15) is 32.6 Å². The minimum Gasteiger partial charge on any atom is -0.396 e. The molecular formula is C19H25N3O3. The Balaban J connectivity index is 1.65. The van der Waals surface area contributed by atoms with E-state index in [2.05, 4.69) is 22.1 Å². The second kappa shape index (κ2) is 7.70. The number of rotatable bonds is 4. The first-order valence-corrected chi connectivity index (χ1v) is 8.94. The van der Waals surface area contributed by atoms with Gasteiger partial charge in [0.05, 0.1) is 5.52 Å². The summed E-state index contributed by atoms with van der Waals surface area (Å²) in [7, 11) is 0. The maximum Gasteiger partial charge on any atom is 0.313 e. The standard InChI is InChI=1S/C19H25N3O3/c1-2-22-10-9-13-7-8-15(11-17(13)22)20-18(24)19(25)21-16-6-4-3-5-14(16)12-23/h7-11,14,16,23H,2-6,12H2,1H3,(H,20,24)(H,21,25). The first kappa shape index (κ1) is 17.5. The van der Waals surface area contributed by atoms with E-state index in [-0.39, 0.29) is 18.6 Å². The summed E-state index contributed by atoms with van der Waals surface area (Å²) in [6, 6.07) is 7.50. The third kappa shape index (κ3) is 3.85. The van der Waals surface area contributed by atoms with E-state index >= 15 is 0 Å². The Morgan fingerprint density at radius 3 is 2.76 bits per heavy atom. The van der Waals surface area contributed by atoms with Crippen molar-refractivity contribution in [3.05, 3.63) is 30.5 Å². The van der Waals surface area contributed by atoms with Crippen molar-refractivity contribution in [1.82, 2.24) is 9.88 Å². The number of aliphatic hydroxyl groups excluding tert-OH is 1. The summed E-state index contributed by atoms with van der Waals surface area (Å²) in [4.78, 5) is 24.4. The Labute approximate surface area is 147 Å². The number of carbonyl (C=O) groups excluding carboxylic acids is 2. The average molecular weight is 343 g/mol. The van der Waals surface area contributed by atoms with E-state index in [1.54, 1.807) is 6.07 Å². The second-order valence-electron chi connectivity index (χ2n) is 6.64. The van der Waals surface area contributed by atoms with Crippen LogP contribution in [0.5, 0.6) is 0 Å². The molecule has 2 aromatic rings. The number of hydrogen-bond acceptors (Lipinski definition) is 3. The maximum absolute atomic E-state index is 12.2. The maximum atomic E-state index is 12.2. The van der Waals surface area contributed by atoms with Crippen LogP contribution in [-0.4, -0.2) is 34.1 Å². The highest BCUT2D eigenvalue weighted by Crippen LogP contribution is 2.24. The summed E-state index contributed by atoms with van der Waals surface area (Å²) < 4.78 is 2.08. The zero-order valence-electron chi connectivity index (χ0n) is 14.5. The topological polar surface area (TPSA) is 83.4 Å². The number of aliphatic hydroxyl groups is 1. The van der Waals surface area contributed by atoms with Gasteiger partial charge in [-0.2, -0.15) is 0 Å². The van der Waals surface area contributed by atoms with Crippen molar-refractivity contribution in [2.75, 3.05) is 11.9 Å². The number of anilines is 1. The Bertz CT molecular complexity index is 768. The molecule has 0 spiro atoms. The lowest BCUT2D eigenvalue weighted by atomic mass is 9.85. The number of nitrogens with zero attached hydrogens (tertiary/aromatic N) is 1. The number of fused-ring (bicyclic) bond motifs is 1. The van der Waals surface area contributed by atoms with Gasteiger partial charge in [0.15, 0.2) is 0 Å². The molecule has 1 aliphatic rings. The second-order valence-corrected chi connectivity index (χ2v) is 6.64. The molecule has 1 aromatic heterocycles. The van der Waals surface area contributed by atoms with Crippen molar-refractivity contribution in [2.24, 2.45) is 5.92 Å². The van der Waals surface area contributed by atoms with Crippen molar-refractivity contribution in [2.45, 2.75) is 45.2 Å².